The summed E-state index contributed by atoms with van der Waals surface area (Å²) in [6.07, 6.45) is 14.6. The fourth-order valence-corrected chi connectivity index (χ4v) is 5.50. The smallest absolute Gasteiger partial charge is 0.0692 e. The molecular weight excluding hydrogens is 254 g/mol. The van der Waals surface area contributed by atoms with Gasteiger partial charge >= 0.3 is 0 Å². The average Bonchev–Trinajstić information content (AvgIpc) is 2.52. The van der Waals surface area contributed by atoms with Crippen molar-refractivity contribution < 1.29 is 0 Å². The van der Waals surface area contributed by atoms with Crippen molar-refractivity contribution in [2.24, 2.45) is 29.1 Å². The van der Waals surface area contributed by atoms with Crippen LogP contribution in [0.5, 0.6) is 0 Å². The van der Waals surface area contributed by atoms with E-state index in [-0.39, 0.29) is 5.41 Å². The van der Waals surface area contributed by atoms with Gasteiger partial charge in [0.2, 0.25) is 0 Å². The van der Waals surface area contributed by atoms with Gasteiger partial charge in [-0.15, -0.1) is 0 Å². The summed E-state index contributed by atoms with van der Waals surface area (Å²) in [5, 5.41) is 9.82. The highest BCUT2D eigenvalue weighted by molar-refractivity contribution is 5.04. The molecule has 5 atom stereocenters. The second-order valence-electron chi connectivity index (χ2n) is 7.87. The molecule has 0 aromatic rings. The van der Waals surface area contributed by atoms with E-state index in [4.69, 9.17) is 0 Å². The highest BCUT2D eigenvalue weighted by Gasteiger charge is 2.43. The molecule has 2 aliphatic carbocycles. The number of fused-ring (bicyclic) bond motifs is 1. The number of nitrogens with zero attached hydrogens (tertiary/aromatic N) is 1. The summed E-state index contributed by atoms with van der Waals surface area (Å²) in [6, 6.07) is 2.76. The van der Waals surface area contributed by atoms with Gasteiger partial charge in [-0.3, -0.25) is 0 Å². The van der Waals surface area contributed by atoms with Crippen LogP contribution in [0.25, 0.3) is 0 Å². The normalized spacial score (nSPS) is 35.5. The Balaban J connectivity index is 1.98. The Morgan fingerprint density at radius 3 is 2.29 bits per heavy atom. The molecule has 0 amide bonds. The molecule has 0 saturated heterocycles. The molecule has 0 N–H and O–H groups in total. The lowest BCUT2D eigenvalue weighted by molar-refractivity contribution is 0.0469. The third-order valence-electron chi connectivity index (χ3n) is 6.75. The summed E-state index contributed by atoms with van der Waals surface area (Å²) in [5.74, 6) is 3.61. The van der Waals surface area contributed by atoms with Crippen LogP contribution in [0, 0.1) is 40.4 Å². The zero-order chi connectivity index (χ0) is 15.3. The summed E-state index contributed by atoms with van der Waals surface area (Å²) in [7, 11) is 0. The molecule has 0 aromatic carbocycles. The molecule has 2 fully saturated rings. The van der Waals surface area contributed by atoms with Gasteiger partial charge in [0, 0.05) is 0 Å². The monoisotopic (exact) mass is 289 g/mol. The van der Waals surface area contributed by atoms with Crippen molar-refractivity contribution in [2.45, 2.75) is 91.4 Å². The van der Waals surface area contributed by atoms with E-state index in [1.165, 1.54) is 51.4 Å². The van der Waals surface area contributed by atoms with Gasteiger partial charge in [-0.1, -0.05) is 46.5 Å². The van der Waals surface area contributed by atoms with Gasteiger partial charge in [0.25, 0.3) is 0 Å². The van der Waals surface area contributed by atoms with E-state index in [9.17, 15) is 5.26 Å². The fourth-order valence-electron chi connectivity index (χ4n) is 5.50. The van der Waals surface area contributed by atoms with Crippen LogP contribution in [-0.2, 0) is 0 Å². The Labute approximate surface area is 132 Å². The van der Waals surface area contributed by atoms with Gasteiger partial charge in [0.1, 0.15) is 0 Å². The Hall–Kier alpha value is -0.510. The lowest BCUT2D eigenvalue weighted by Gasteiger charge is -2.46. The first-order valence-electron chi connectivity index (χ1n) is 9.60. The molecular formula is C20H35N. The molecule has 0 bridgehead atoms. The van der Waals surface area contributed by atoms with Crippen LogP contribution in [0.1, 0.15) is 91.4 Å². The Morgan fingerprint density at radius 2 is 1.67 bits per heavy atom. The van der Waals surface area contributed by atoms with Crippen LogP contribution in [0.15, 0.2) is 0 Å². The van der Waals surface area contributed by atoms with Crippen molar-refractivity contribution in [3.8, 4) is 6.07 Å². The minimum atomic E-state index is -0.0139. The van der Waals surface area contributed by atoms with Crippen molar-refractivity contribution in [2.75, 3.05) is 0 Å². The van der Waals surface area contributed by atoms with Crippen LogP contribution in [-0.4, -0.2) is 0 Å². The van der Waals surface area contributed by atoms with Crippen LogP contribution < -0.4 is 0 Å². The second kappa shape index (κ2) is 7.66. The molecule has 0 aromatic heterocycles. The predicted octanol–water partition coefficient (Wildman–Crippen LogP) is 6.34. The van der Waals surface area contributed by atoms with E-state index in [2.05, 4.69) is 26.8 Å². The first-order chi connectivity index (χ1) is 10.2. The Morgan fingerprint density at radius 1 is 0.952 bits per heavy atom. The molecule has 0 aliphatic heterocycles. The van der Waals surface area contributed by atoms with Crippen LogP contribution in [0.4, 0.5) is 0 Å². The molecule has 1 nitrogen and oxygen atoms in total. The maximum Gasteiger partial charge on any atom is 0.0692 e. The summed E-state index contributed by atoms with van der Waals surface area (Å²) in [5.41, 5.74) is -0.0139. The van der Waals surface area contributed by atoms with Gasteiger partial charge in [-0.2, -0.15) is 5.26 Å². The van der Waals surface area contributed by atoms with Gasteiger partial charge in [-0.05, 0) is 68.6 Å². The van der Waals surface area contributed by atoms with E-state index in [1.807, 2.05) is 0 Å². The van der Waals surface area contributed by atoms with Crippen molar-refractivity contribution in [3.05, 3.63) is 0 Å². The molecule has 0 radical (unpaired) electrons. The predicted molar refractivity (Wildman–Crippen MR) is 89.8 cm³/mol. The third kappa shape index (κ3) is 3.64. The molecule has 0 heterocycles. The molecule has 2 aliphatic rings. The quantitative estimate of drug-likeness (QED) is 0.559. The van der Waals surface area contributed by atoms with Crippen molar-refractivity contribution in [3.63, 3.8) is 0 Å². The Bertz CT molecular complexity index is 355. The van der Waals surface area contributed by atoms with E-state index in [1.54, 1.807) is 0 Å². The van der Waals surface area contributed by atoms with Crippen LogP contribution in [0.3, 0.4) is 0 Å². The number of hydrogen-bond acceptors (Lipinski definition) is 1. The number of nitriles is 1. The zero-order valence-corrected chi connectivity index (χ0v) is 14.5. The van der Waals surface area contributed by atoms with Gasteiger partial charge in [0.05, 0.1) is 11.5 Å². The van der Waals surface area contributed by atoms with Crippen molar-refractivity contribution >= 4 is 0 Å². The average molecular weight is 290 g/mol. The summed E-state index contributed by atoms with van der Waals surface area (Å²) < 4.78 is 0. The fraction of sp³-hybridized carbons (Fsp3) is 0.950. The maximum atomic E-state index is 9.82. The van der Waals surface area contributed by atoms with E-state index >= 15 is 0 Å². The summed E-state index contributed by atoms with van der Waals surface area (Å²) >= 11 is 0. The molecule has 2 saturated carbocycles. The molecule has 0 spiro atoms. The van der Waals surface area contributed by atoms with E-state index in [0.717, 1.165) is 37.0 Å². The second-order valence-corrected chi connectivity index (χ2v) is 7.87. The SMILES string of the molecule is CCC[C@H]1CC[C@H]2C[C@H](C(C#N)(CC)CCC)CC[C@H]2C1. The molecule has 1 unspecified atom stereocenters. The minimum Gasteiger partial charge on any atom is -0.198 e. The first-order valence-corrected chi connectivity index (χ1v) is 9.60. The summed E-state index contributed by atoms with van der Waals surface area (Å²) in [4.78, 5) is 0. The molecule has 2 rings (SSSR count). The molecule has 21 heavy (non-hydrogen) atoms. The first kappa shape index (κ1) is 16.9. The van der Waals surface area contributed by atoms with E-state index in [0.29, 0.717) is 5.92 Å². The van der Waals surface area contributed by atoms with E-state index < -0.39 is 0 Å². The topological polar surface area (TPSA) is 23.8 Å². The maximum absolute atomic E-state index is 9.82. The van der Waals surface area contributed by atoms with Crippen LogP contribution in [0.2, 0.25) is 0 Å². The number of hydrogen-bond donors (Lipinski definition) is 0. The van der Waals surface area contributed by atoms with Crippen molar-refractivity contribution in [1.82, 2.24) is 0 Å². The molecule has 1 heteroatoms. The number of rotatable bonds is 6. The standard InChI is InChI=1S/C20H35N/c1-4-7-16-8-9-18-14-19(11-10-17(18)13-16)20(6-3,15-21)12-5-2/h16-19H,4-14H2,1-3H3/t16-,17-,18-,19+,20?/m0/s1. The van der Waals surface area contributed by atoms with Crippen molar-refractivity contribution in [1.29, 1.82) is 5.26 Å². The third-order valence-corrected chi connectivity index (χ3v) is 6.75. The Kier molecular flexibility index (Phi) is 6.15. The van der Waals surface area contributed by atoms with Gasteiger partial charge < -0.3 is 0 Å². The minimum absolute atomic E-state index is 0.0139. The summed E-state index contributed by atoms with van der Waals surface area (Å²) in [6.45, 7) is 6.81. The highest BCUT2D eigenvalue weighted by Crippen LogP contribution is 2.51. The molecule has 120 valence electrons. The van der Waals surface area contributed by atoms with Crippen LogP contribution >= 0.6 is 0 Å². The van der Waals surface area contributed by atoms with Gasteiger partial charge in [-0.25, -0.2) is 0 Å². The van der Waals surface area contributed by atoms with Gasteiger partial charge in [0.15, 0.2) is 0 Å². The highest BCUT2D eigenvalue weighted by atomic mass is 14.5. The lowest BCUT2D eigenvalue weighted by Crippen LogP contribution is -2.38. The lowest BCUT2D eigenvalue weighted by atomic mass is 9.58. The largest absolute Gasteiger partial charge is 0.198 e. The zero-order valence-electron chi connectivity index (χ0n) is 14.5.